The Bertz CT molecular complexity index is 1330. The van der Waals surface area contributed by atoms with Crippen LogP contribution >= 0.6 is 0 Å². The predicted molar refractivity (Wildman–Crippen MR) is 137 cm³/mol. The molecule has 4 aromatic carbocycles. The third-order valence-electron chi connectivity index (χ3n) is 5.30. The Labute approximate surface area is 200 Å². The Hall–Kier alpha value is -4.03. The summed E-state index contributed by atoms with van der Waals surface area (Å²) in [6.07, 6.45) is 3.83. The van der Waals surface area contributed by atoms with Gasteiger partial charge in [0.05, 0.1) is 30.5 Å². The van der Waals surface area contributed by atoms with E-state index in [4.69, 9.17) is 9.47 Å². The van der Waals surface area contributed by atoms with Gasteiger partial charge in [0.1, 0.15) is 11.5 Å². The summed E-state index contributed by atoms with van der Waals surface area (Å²) >= 11 is 0. The highest BCUT2D eigenvalue weighted by atomic mass is 32.2. The Morgan fingerprint density at radius 1 is 0.676 bits per heavy atom. The number of ether oxygens (including phenoxy) is 2. The second-order valence-electron chi connectivity index (χ2n) is 7.45. The van der Waals surface area contributed by atoms with Crippen molar-refractivity contribution in [2.45, 2.75) is 4.90 Å². The molecule has 4 aromatic rings. The average molecular weight is 472 g/mol. The first-order valence-electron chi connectivity index (χ1n) is 10.7. The Kier molecular flexibility index (Phi) is 6.99. The highest BCUT2D eigenvalue weighted by Crippen LogP contribution is 2.32. The maximum Gasteiger partial charge on any atom is 0.268 e. The highest BCUT2D eigenvalue weighted by molar-refractivity contribution is 7.93. The molecule has 0 bridgehead atoms. The highest BCUT2D eigenvalue weighted by Gasteiger charge is 2.26. The second kappa shape index (κ2) is 10.3. The lowest BCUT2D eigenvalue weighted by Gasteiger charge is -2.24. The van der Waals surface area contributed by atoms with Gasteiger partial charge in [0, 0.05) is 11.6 Å². The lowest BCUT2D eigenvalue weighted by Crippen LogP contribution is -2.26. The minimum Gasteiger partial charge on any atom is -0.497 e. The molecule has 0 saturated carbocycles. The molecule has 5 nitrogen and oxygen atoms in total. The topological polar surface area (TPSA) is 55.8 Å². The third-order valence-corrected chi connectivity index (χ3v) is 7.07. The molecule has 0 unspecified atom stereocenters. The van der Waals surface area contributed by atoms with Gasteiger partial charge in [-0.3, -0.25) is 0 Å². The maximum absolute atomic E-state index is 13.6. The summed E-state index contributed by atoms with van der Waals surface area (Å²) < 4.78 is 39.3. The number of hydrogen-bond donors (Lipinski definition) is 0. The van der Waals surface area contributed by atoms with Gasteiger partial charge < -0.3 is 9.47 Å². The van der Waals surface area contributed by atoms with E-state index in [1.54, 1.807) is 62.8 Å². The second-order valence-corrected chi connectivity index (χ2v) is 9.24. The Balaban J connectivity index is 1.64. The molecule has 0 spiro atoms. The monoisotopic (exact) mass is 471 g/mol. The van der Waals surface area contributed by atoms with Crippen LogP contribution in [0.1, 0.15) is 11.1 Å². The van der Waals surface area contributed by atoms with Crippen LogP contribution in [0.5, 0.6) is 11.5 Å². The van der Waals surface area contributed by atoms with Crippen LogP contribution in [0.2, 0.25) is 0 Å². The van der Waals surface area contributed by atoms with Crippen molar-refractivity contribution in [1.29, 1.82) is 0 Å². The van der Waals surface area contributed by atoms with Crippen molar-refractivity contribution in [1.82, 2.24) is 0 Å². The first-order valence-corrected chi connectivity index (χ1v) is 12.1. The third kappa shape index (κ3) is 4.97. The van der Waals surface area contributed by atoms with E-state index in [9.17, 15) is 8.42 Å². The normalized spacial score (nSPS) is 11.4. The van der Waals surface area contributed by atoms with Crippen LogP contribution in [0.4, 0.5) is 11.4 Å². The molecular weight excluding hydrogens is 446 g/mol. The Morgan fingerprint density at radius 3 is 1.79 bits per heavy atom. The standard InChI is InChI=1S/C28H25NO4S/c1-32-26-18-17-23(28(21-26)33-2)16-13-22-14-19-27(20-15-22)34(30,31)29(24-9-5-3-6-10-24)25-11-7-4-8-12-25/h3-21H,1-2H3/b16-13+. The molecule has 0 fully saturated rings. The number of para-hydroxylation sites is 2. The largest absolute Gasteiger partial charge is 0.497 e. The lowest BCUT2D eigenvalue weighted by molar-refractivity contribution is 0.394. The van der Waals surface area contributed by atoms with E-state index in [1.165, 1.54) is 4.31 Å². The summed E-state index contributed by atoms with van der Waals surface area (Å²) in [6, 6.07) is 30.5. The van der Waals surface area contributed by atoms with E-state index >= 15 is 0 Å². The van der Waals surface area contributed by atoms with Crippen LogP contribution in [0.25, 0.3) is 12.2 Å². The summed E-state index contributed by atoms with van der Waals surface area (Å²) in [6.45, 7) is 0. The van der Waals surface area contributed by atoms with Crippen LogP contribution in [0.3, 0.4) is 0 Å². The molecule has 34 heavy (non-hydrogen) atoms. The van der Waals surface area contributed by atoms with Gasteiger partial charge in [-0.2, -0.15) is 0 Å². The van der Waals surface area contributed by atoms with Crippen molar-refractivity contribution < 1.29 is 17.9 Å². The maximum atomic E-state index is 13.6. The van der Waals surface area contributed by atoms with Crippen LogP contribution < -0.4 is 13.8 Å². The number of nitrogens with zero attached hydrogens (tertiary/aromatic N) is 1. The number of benzene rings is 4. The van der Waals surface area contributed by atoms with Crippen molar-refractivity contribution in [2.24, 2.45) is 0 Å². The van der Waals surface area contributed by atoms with Gasteiger partial charge >= 0.3 is 0 Å². The molecule has 172 valence electrons. The quantitative estimate of drug-likeness (QED) is 0.279. The zero-order chi connectivity index (χ0) is 24.0. The molecule has 0 aromatic heterocycles. The lowest BCUT2D eigenvalue weighted by atomic mass is 10.1. The molecule has 0 N–H and O–H groups in total. The minimum absolute atomic E-state index is 0.208. The van der Waals surface area contributed by atoms with Gasteiger partial charge in [-0.15, -0.1) is 0 Å². The average Bonchev–Trinajstić information content (AvgIpc) is 2.89. The molecule has 0 amide bonds. The summed E-state index contributed by atoms with van der Waals surface area (Å²) in [5.74, 6) is 1.40. The summed E-state index contributed by atoms with van der Waals surface area (Å²) in [4.78, 5) is 0.208. The van der Waals surface area contributed by atoms with Gasteiger partial charge in [-0.25, -0.2) is 12.7 Å². The smallest absolute Gasteiger partial charge is 0.268 e. The number of sulfonamides is 1. The molecular formula is C28H25NO4S. The van der Waals surface area contributed by atoms with Crippen LogP contribution in [-0.4, -0.2) is 22.6 Å². The van der Waals surface area contributed by atoms with Crippen molar-refractivity contribution in [3.63, 3.8) is 0 Å². The summed E-state index contributed by atoms with van der Waals surface area (Å²) in [7, 11) is -0.618. The van der Waals surface area contributed by atoms with Crippen molar-refractivity contribution in [2.75, 3.05) is 18.5 Å². The molecule has 0 saturated heterocycles. The fourth-order valence-corrected chi connectivity index (χ4v) is 5.04. The first-order chi connectivity index (χ1) is 16.5. The number of anilines is 2. The fraction of sp³-hybridized carbons (Fsp3) is 0.0714. The van der Waals surface area contributed by atoms with Gasteiger partial charge in [0.2, 0.25) is 0 Å². The predicted octanol–water partition coefficient (Wildman–Crippen LogP) is 6.40. The van der Waals surface area contributed by atoms with Crippen molar-refractivity contribution >= 4 is 33.6 Å². The summed E-state index contributed by atoms with van der Waals surface area (Å²) in [5.41, 5.74) is 2.90. The van der Waals surface area contributed by atoms with Crippen LogP contribution in [0.15, 0.2) is 108 Å². The zero-order valence-electron chi connectivity index (χ0n) is 19.0. The number of rotatable bonds is 8. The molecule has 0 aliphatic heterocycles. The molecule has 0 heterocycles. The zero-order valence-corrected chi connectivity index (χ0v) is 19.8. The number of methoxy groups -OCH3 is 2. The van der Waals surface area contributed by atoms with Crippen molar-refractivity contribution in [3.8, 4) is 11.5 Å². The van der Waals surface area contributed by atoms with E-state index < -0.39 is 10.0 Å². The SMILES string of the molecule is COc1ccc(/C=C/c2ccc(S(=O)(=O)N(c3ccccc3)c3ccccc3)cc2)c(OC)c1. The van der Waals surface area contributed by atoms with Gasteiger partial charge in [0.15, 0.2) is 0 Å². The molecule has 0 aliphatic rings. The Morgan fingerprint density at radius 2 is 1.26 bits per heavy atom. The van der Waals surface area contributed by atoms with Gasteiger partial charge in [-0.05, 0) is 54.1 Å². The van der Waals surface area contributed by atoms with E-state index in [0.717, 1.165) is 11.1 Å². The minimum atomic E-state index is -3.83. The molecule has 0 atom stereocenters. The molecule has 0 aliphatic carbocycles. The van der Waals surface area contributed by atoms with Crippen LogP contribution in [-0.2, 0) is 10.0 Å². The van der Waals surface area contributed by atoms with E-state index in [1.807, 2.05) is 66.7 Å². The van der Waals surface area contributed by atoms with Gasteiger partial charge in [-0.1, -0.05) is 60.7 Å². The first kappa shape index (κ1) is 23.1. The molecule has 6 heteroatoms. The number of hydrogen-bond acceptors (Lipinski definition) is 4. The molecule has 4 rings (SSSR count). The van der Waals surface area contributed by atoms with E-state index in [-0.39, 0.29) is 4.90 Å². The van der Waals surface area contributed by atoms with E-state index in [0.29, 0.717) is 22.9 Å². The summed E-state index contributed by atoms with van der Waals surface area (Å²) in [5, 5.41) is 0. The van der Waals surface area contributed by atoms with E-state index in [2.05, 4.69) is 0 Å². The van der Waals surface area contributed by atoms with Gasteiger partial charge in [0.25, 0.3) is 10.0 Å². The fourth-order valence-electron chi connectivity index (χ4n) is 3.55. The molecule has 0 radical (unpaired) electrons. The van der Waals surface area contributed by atoms with Crippen molar-refractivity contribution in [3.05, 3.63) is 114 Å². The van der Waals surface area contributed by atoms with Crippen LogP contribution in [0, 0.1) is 0 Å².